The molecule has 0 radical (unpaired) electrons. The maximum atomic E-state index is 2.29. The highest BCUT2D eigenvalue weighted by atomic mass is 32.2. The Bertz CT molecular complexity index is 1520. The van der Waals surface area contributed by atoms with Crippen LogP contribution in [0, 0.1) is 0 Å². The van der Waals surface area contributed by atoms with E-state index in [1.165, 1.54) is 55.6 Å². The Hall–Kier alpha value is -3.90. The number of hydrogen-bond acceptors (Lipinski definition) is 1. The normalized spacial score (nSPS) is 10.6. The number of hydrogen-bond donors (Lipinski definition) is 0. The highest BCUT2D eigenvalue weighted by molar-refractivity contribution is 7.97. The average Bonchev–Trinajstić information content (AvgIpc) is 3.02. The van der Waals surface area contributed by atoms with Crippen LogP contribution in [0.15, 0.2) is 158 Å². The smallest absolute Gasteiger partial charge is 0.0194 e. The molecule has 2 heteroatoms. The molecule has 40 heavy (non-hydrogen) atoms. The van der Waals surface area contributed by atoms with Gasteiger partial charge in [-0.05, 0) is 55.6 Å². The van der Waals surface area contributed by atoms with E-state index in [4.69, 9.17) is 0 Å². The van der Waals surface area contributed by atoms with E-state index in [-0.39, 0.29) is 9.90 Å². The molecule has 0 nitrogen and oxygen atoms in total. The number of thioether (sulfide) groups is 1. The zero-order chi connectivity index (χ0) is 26.3. The molecule has 0 N–H and O–H groups in total. The van der Waals surface area contributed by atoms with Gasteiger partial charge in [0.15, 0.2) is 0 Å². The lowest BCUT2D eigenvalue weighted by atomic mass is 9.91. The van der Waals surface area contributed by atoms with Crippen molar-refractivity contribution in [1.29, 1.82) is 0 Å². The molecular weight excluding hydrogens is 519 g/mol. The summed E-state index contributed by atoms with van der Waals surface area (Å²) in [6.07, 6.45) is 0. The SMILES string of the molecule is P.c1ccc(-c2cccc(CSCc3cccc(-c4ccccc4)c3-c3ccccc3)c2-c2ccccc2)cc1. The van der Waals surface area contributed by atoms with Crippen molar-refractivity contribution < 1.29 is 0 Å². The molecule has 0 fully saturated rings. The number of rotatable bonds is 8. The molecule has 0 aliphatic carbocycles. The lowest BCUT2D eigenvalue weighted by Crippen LogP contribution is -1.95. The Morgan fingerprint density at radius 3 is 1.00 bits per heavy atom. The first-order valence-electron chi connectivity index (χ1n) is 13.4. The van der Waals surface area contributed by atoms with E-state index in [0.29, 0.717) is 0 Å². The van der Waals surface area contributed by atoms with E-state index >= 15 is 0 Å². The van der Waals surface area contributed by atoms with Gasteiger partial charge < -0.3 is 0 Å². The number of benzene rings is 6. The summed E-state index contributed by atoms with van der Waals surface area (Å²) >= 11 is 1.98. The molecule has 0 saturated heterocycles. The van der Waals surface area contributed by atoms with E-state index in [9.17, 15) is 0 Å². The molecule has 0 aromatic heterocycles. The molecule has 0 spiro atoms. The molecule has 6 aromatic rings. The van der Waals surface area contributed by atoms with Crippen LogP contribution in [0.4, 0.5) is 0 Å². The quantitative estimate of drug-likeness (QED) is 0.169. The van der Waals surface area contributed by atoms with Gasteiger partial charge >= 0.3 is 0 Å². The van der Waals surface area contributed by atoms with Gasteiger partial charge in [0.1, 0.15) is 0 Å². The van der Waals surface area contributed by atoms with Crippen molar-refractivity contribution in [2.24, 2.45) is 0 Å². The van der Waals surface area contributed by atoms with Crippen LogP contribution >= 0.6 is 21.7 Å². The summed E-state index contributed by atoms with van der Waals surface area (Å²) in [5.74, 6) is 1.88. The molecule has 196 valence electrons. The summed E-state index contributed by atoms with van der Waals surface area (Å²) in [6.45, 7) is 0. The van der Waals surface area contributed by atoms with Crippen LogP contribution in [0.1, 0.15) is 11.1 Å². The fourth-order valence-electron chi connectivity index (χ4n) is 5.32. The molecular formula is C38H33PS. The van der Waals surface area contributed by atoms with Gasteiger partial charge in [-0.25, -0.2) is 0 Å². The van der Waals surface area contributed by atoms with E-state index in [1.807, 2.05) is 11.8 Å². The van der Waals surface area contributed by atoms with Gasteiger partial charge in [-0.3, -0.25) is 0 Å². The second kappa shape index (κ2) is 13.4. The van der Waals surface area contributed by atoms with Crippen molar-refractivity contribution in [1.82, 2.24) is 0 Å². The molecule has 1 atom stereocenters. The third kappa shape index (κ3) is 6.13. The Labute approximate surface area is 245 Å². The highest BCUT2D eigenvalue weighted by Crippen LogP contribution is 2.39. The Balaban J connectivity index is 0.00000323. The second-order valence-corrected chi connectivity index (χ2v) is 10.6. The van der Waals surface area contributed by atoms with Crippen LogP contribution in [-0.4, -0.2) is 0 Å². The standard InChI is InChI=1S/C38H30S.H3P/c1-5-15-29(16-6-1)35-25-13-23-33(37(35)31-19-9-3-10-20-31)27-39-28-34-24-14-26-36(30-17-7-2-8-18-30)38(34)32-21-11-4-12-22-32;/h1-26H,27-28H2;1H3. The second-order valence-electron chi connectivity index (χ2n) is 9.64. The van der Waals surface area contributed by atoms with Gasteiger partial charge in [-0.1, -0.05) is 158 Å². The predicted molar refractivity (Wildman–Crippen MR) is 181 cm³/mol. The predicted octanol–water partition coefficient (Wildman–Crippen LogP) is 10.8. The molecule has 6 rings (SSSR count). The largest absolute Gasteiger partial charge is 0.153 e. The molecule has 0 amide bonds. The van der Waals surface area contributed by atoms with E-state index in [2.05, 4.69) is 158 Å². The molecule has 0 bridgehead atoms. The lowest BCUT2D eigenvalue weighted by Gasteiger charge is -2.18. The van der Waals surface area contributed by atoms with E-state index in [0.717, 1.165) is 11.5 Å². The van der Waals surface area contributed by atoms with Crippen LogP contribution in [0.5, 0.6) is 0 Å². The van der Waals surface area contributed by atoms with Gasteiger partial charge in [-0.2, -0.15) is 21.7 Å². The fraction of sp³-hybridized carbons (Fsp3) is 0.0526. The minimum Gasteiger partial charge on any atom is -0.153 e. The fourth-order valence-corrected chi connectivity index (χ4v) is 6.34. The summed E-state index contributed by atoms with van der Waals surface area (Å²) < 4.78 is 0. The van der Waals surface area contributed by atoms with Crippen molar-refractivity contribution in [2.45, 2.75) is 11.5 Å². The van der Waals surface area contributed by atoms with Crippen molar-refractivity contribution >= 4 is 21.7 Å². The van der Waals surface area contributed by atoms with Crippen LogP contribution in [0.3, 0.4) is 0 Å². The van der Waals surface area contributed by atoms with Gasteiger partial charge in [0, 0.05) is 11.5 Å². The Morgan fingerprint density at radius 1 is 0.325 bits per heavy atom. The van der Waals surface area contributed by atoms with Crippen LogP contribution in [0.2, 0.25) is 0 Å². The zero-order valence-corrected chi connectivity index (χ0v) is 24.8. The lowest BCUT2D eigenvalue weighted by molar-refractivity contribution is 1.36. The summed E-state index contributed by atoms with van der Waals surface area (Å²) in [7, 11) is 0. The minimum absolute atomic E-state index is 0. The topological polar surface area (TPSA) is 0 Å². The summed E-state index contributed by atoms with van der Waals surface area (Å²) in [5, 5.41) is 0. The first kappa shape index (κ1) is 27.7. The van der Waals surface area contributed by atoms with Gasteiger partial charge in [-0.15, -0.1) is 0 Å². The average molecular weight is 553 g/mol. The molecule has 0 heterocycles. The monoisotopic (exact) mass is 552 g/mol. The van der Waals surface area contributed by atoms with Gasteiger partial charge in [0.25, 0.3) is 0 Å². The summed E-state index contributed by atoms with van der Waals surface area (Å²) in [4.78, 5) is 0. The third-order valence-electron chi connectivity index (χ3n) is 7.11. The summed E-state index contributed by atoms with van der Waals surface area (Å²) in [5.41, 5.74) is 13.0. The van der Waals surface area contributed by atoms with Crippen LogP contribution < -0.4 is 0 Å². The van der Waals surface area contributed by atoms with E-state index in [1.54, 1.807) is 0 Å². The van der Waals surface area contributed by atoms with Crippen molar-refractivity contribution in [3.63, 3.8) is 0 Å². The Kier molecular flexibility index (Phi) is 9.30. The van der Waals surface area contributed by atoms with Crippen molar-refractivity contribution in [3.8, 4) is 44.5 Å². The first-order valence-corrected chi connectivity index (χ1v) is 14.6. The van der Waals surface area contributed by atoms with Crippen LogP contribution in [0.25, 0.3) is 44.5 Å². The van der Waals surface area contributed by atoms with Gasteiger partial charge in [0.2, 0.25) is 0 Å². The molecule has 0 aliphatic heterocycles. The molecule has 0 saturated carbocycles. The Morgan fingerprint density at radius 2 is 0.650 bits per heavy atom. The zero-order valence-electron chi connectivity index (χ0n) is 22.5. The summed E-state index contributed by atoms with van der Waals surface area (Å²) in [6, 6.07) is 56.6. The van der Waals surface area contributed by atoms with Crippen LogP contribution in [-0.2, 0) is 11.5 Å². The molecule has 0 aliphatic rings. The third-order valence-corrected chi connectivity index (χ3v) is 8.14. The van der Waals surface area contributed by atoms with E-state index < -0.39 is 0 Å². The maximum Gasteiger partial charge on any atom is 0.0194 e. The first-order chi connectivity index (χ1) is 19.4. The van der Waals surface area contributed by atoms with Gasteiger partial charge in [0.05, 0.1) is 0 Å². The molecule has 1 unspecified atom stereocenters. The minimum atomic E-state index is 0. The molecule has 6 aromatic carbocycles. The van der Waals surface area contributed by atoms with Crippen molar-refractivity contribution in [3.05, 3.63) is 169 Å². The maximum absolute atomic E-state index is 2.29. The van der Waals surface area contributed by atoms with Crippen molar-refractivity contribution in [2.75, 3.05) is 0 Å². The highest BCUT2D eigenvalue weighted by Gasteiger charge is 2.15.